The Morgan fingerprint density at radius 3 is 2.42 bits per heavy atom. The molecule has 0 spiro atoms. The number of carbonyl (C=O) groups excluding carboxylic acids is 2. The SMILES string of the molecule is O=C(N/N=C/c1ccc(O)cc1O)C(=O)Nc1ccc(Cl)c(Cl)c1. The van der Waals surface area contributed by atoms with Crippen molar-refractivity contribution in [2.75, 3.05) is 5.32 Å². The molecule has 0 saturated heterocycles. The molecule has 24 heavy (non-hydrogen) atoms. The number of nitrogens with one attached hydrogen (secondary N) is 2. The highest BCUT2D eigenvalue weighted by atomic mass is 35.5. The lowest BCUT2D eigenvalue weighted by Crippen LogP contribution is -2.32. The molecule has 0 heterocycles. The predicted molar refractivity (Wildman–Crippen MR) is 90.6 cm³/mol. The summed E-state index contributed by atoms with van der Waals surface area (Å²) >= 11 is 11.6. The monoisotopic (exact) mass is 367 g/mol. The third kappa shape index (κ3) is 4.61. The van der Waals surface area contributed by atoms with Gasteiger partial charge in [0.1, 0.15) is 11.5 Å². The van der Waals surface area contributed by atoms with Gasteiger partial charge in [0.2, 0.25) is 0 Å². The van der Waals surface area contributed by atoms with Gasteiger partial charge in [-0.25, -0.2) is 5.43 Å². The topological polar surface area (TPSA) is 111 Å². The Kier molecular flexibility index (Phi) is 5.62. The number of phenolic OH excluding ortho intramolecular Hbond substituents is 2. The van der Waals surface area contributed by atoms with E-state index in [1.807, 2.05) is 5.43 Å². The largest absolute Gasteiger partial charge is 0.508 e. The van der Waals surface area contributed by atoms with Crippen LogP contribution in [0.2, 0.25) is 10.0 Å². The lowest BCUT2D eigenvalue weighted by Gasteiger charge is -2.05. The highest BCUT2D eigenvalue weighted by Gasteiger charge is 2.13. The summed E-state index contributed by atoms with van der Waals surface area (Å²) < 4.78 is 0. The molecule has 7 nitrogen and oxygen atoms in total. The van der Waals surface area contributed by atoms with Crippen LogP contribution in [-0.4, -0.2) is 28.2 Å². The first kappa shape index (κ1) is 17.6. The first-order chi connectivity index (χ1) is 11.4. The third-order valence-electron chi connectivity index (χ3n) is 2.77. The van der Waals surface area contributed by atoms with Crippen molar-refractivity contribution in [2.24, 2.45) is 5.10 Å². The smallest absolute Gasteiger partial charge is 0.329 e. The standard InChI is InChI=1S/C15H11Cl2N3O4/c16-11-4-2-9(5-12(11)17)19-14(23)15(24)20-18-7-8-1-3-10(21)6-13(8)22/h1-7,21-22H,(H,19,23)(H,20,24)/b18-7+. The summed E-state index contributed by atoms with van der Waals surface area (Å²) in [6, 6.07) is 8.18. The van der Waals surface area contributed by atoms with Crippen molar-refractivity contribution in [1.82, 2.24) is 5.43 Å². The van der Waals surface area contributed by atoms with Gasteiger partial charge in [-0.1, -0.05) is 23.2 Å². The van der Waals surface area contributed by atoms with Crippen molar-refractivity contribution in [2.45, 2.75) is 0 Å². The van der Waals surface area contributed by atoms with Crippen LogP contribution in [0.4, 0.5) is 5.69 Å². The fourth-order valence-electron chi connectivity index (χ4n) is 1.61. The predicted octanol–water partition coefficient (Wildman–Crippen LogP) is 2.49. The molecular formula is C15H11Cl2N3O4. The zero-order valence-electron chi connectivity index (χ0n) is 12.0. The molecule has 2 aromatic carbocycles. The average molecular weight is 368 g/mol. The molecule has 0 unspecified atom stereocenters. The van der Waals surface area contributed by atoms with E-state index in [1.54, 1.807) is 0 Å². The Bertz CT molecular complexity index is 824. The van der Waals surface area contributed by atoms with Crippen LogP contribution < -0.4 is 10.7 Å². The average Bonchev–Trinajstić information content (AvgIpc) is 2.53. The van der Waals surface area contributed by atoms with Crippen LogP contribution >= 0.6 is 23.2 Å². The van der Waals surface area contributed by atoms with Crippen molar-refractivity contribution in [3.8, 4) is 11.5 Å². The minimum atomic E-state index is -1.02. The van der Waals surface area contributed by atoms with E-state index in [0.29, 0.717) is 10.7 Å². The lowest BCUT2D eigenvalue weighted by atomic mass is 10.2. The molecule has 0 fully saturated rings. The number of hydrogen-bond donors (Lipinski definition) is 4. The van der Waals surface area contributed by atoms with Gasteiger partial charge >= 0.3 is 11.8 Å². The van der Waals surface area contributed by atoms with Crippen LogP contribution in [0.1, 0.15) is 5.56 Å². The summed E-state index contributed by atoms with van der Waals surface area (Å²) in [7, 11) is 0. The number of rotatable bonds is 3. The summed E-state index contributed by atoms with van der Waals surface area (Å²) in [6.07, 6.45) is 1.12. The summed E-state index contributed by atoms with van der Waals surface area (Å²) in [6.45, 7) is 0. The highest BCUT2D eigenvalue weighted by molar-refractivity contribution is 6.42. The fraction of sp³-hybridized carbons (Fsp3) is 0. The van der Waals surface area contributed by atoms with Crippen molar-refractivity contribution in [1.29, 1.82) is 0 Å². The van der Waals surface area contributed by atoms with Gasteiger partial charge in [0.15, 0.2) is 0 Å². The Morgan fingerprint density at radius 2 is 1.75 bits per heavy atom. The second kappa shape index (κ2) is 7.67. The van der Waals surface area contributed by atoms with Gasteiger partial charge in [-0.2, -0.15) is 5.10 Å². The van der Waals surface area contributed by atoms with E-state index in [4.69, 9.17) is 28.3 Å². The van der Waals surface area contributed by atoms with Gasteiger partial charge in [-0.15, -0.1) is 0 Å². The molecule has 0 aliphatic rings. The first-order valence-electron chi connectivity index (χ1n) is 6.48. The molecule has 0 atom stereocenters. The van der Waals surface area contributed by atoms with Crippen LogP contribution in [-0.2, 0) is 9.59 Å². The van der Waals surface area contributed by atoms with Crippen molar-refractivity contribution in [3.05, 3.63) is 52.0 Å². The van der Waals surface area contributed by atoms with E-state index in [2.05, 4.69) is 10.4 Å². The number of halogens is 2. The number of nitrogens with zero attached hydrogens (tertiary/aromatic N) is 1. The molecule has 2 amide bonds. The molecule has 0 aromatic heterocycles. The van der Waals surface area contributed by atoms with E-state index in [1.165, 1.54) is 30.3 Å². The second-order valence-electron chi connectivity index (χ2n) is 4.53. The molecule has 0 saturated carbocycles. The maximum atomic E-state index is 11.7. The van der Waals surface area contributed by atoms with Gasteiger partial charge in [-0.05, 0) is 30.3 Å². The van der Waals surface area contributed by atoms with Crippen LogP contribution in [0.15, 0.2) is 41.5 Å². The molecule has 9 heteroatoms. The summed E-state index contributed by atoms with van der Waals surface area (Å²) in [5.74, 6) is -2.32. The minimum Gasteiger partial charge on any atom is -0.508 e. The highest BCUT2D eigenvalue weighted by Crippen LogP contribution is 2.25. The molecular weight excluding hydrogens is 357 g/mol. The van der Waals surface area contributed by atoms with Crippen molar-refractivity contribution in [3.63, 3.8) is 0 Å². The Balaban J connectivity index is 1.95. The Hall–Kier alpha value is -2.77. The summed E-state index contributed by atoms with van der Waals surface area (Å²) in [5, 5.41) is 25.1. The quantitative estimate of drug-likeness (QED) is 0.379. The Labute approximate surface area is 146 Å². The lowest BCUT2D eigenvalue weighted by molar-refractivity contribution is -0.136. The first-order valence-corrected chi connectivity index (χ1v) is 7.24. The number of anilines is 1. The van der Waals surface area contributed by atoms with Gasteiger partial charge < -0.3 is 15.5 Å². The number of aromatic hydroxyl groups is 2. The maximum absolute atomic E-state index is 11.7. The van der Waals surface area contributed by atoms with E-state index in [0.717, 1.165) is 12.3 Å². The van der Waals surface area contributed by atoms with Crippen LogP contribution in [0.5, 0.6) is 11.5 Å². The van der Waals surface area contributed by atoms with Crippen LogP contribution in [0.3, 0.4) is 0 Å². The number of hydrogen-bond acceptors (Lipinski definition) is 5. The Morgan fingerprint density at radius 1 is 1.00 bits per heavy atom. The summed E-state index contributed by atoms with van der Waals surface area (Å²) in [4.78, 5) is 23.3. The molecule has 124 valence electrons. The zero-order chi connectivity index (χ0) is 17.7. The molecule has 0 bridgehead atoms. The van der Waals surface area contributed by atoms with Crippen molar-refractivity contribution < 1.29 is 19.8 Å². The number of amides is 2. The molecule has 2 aromatic rings. The number of benzene rings is 2. The normalized spacial score (nSPS) is 10.6. The van der Waals surface area contributed by atoms with Crippen LogP contribution in [0, 0.1) is 0 Å². The molecule has 0 radical (unpaired) electrons. The fourth-order valence-corrected chi connectivity index (χ4v) is 1.91. The van der Waals surface area contributed by atoms with Crippen molar-refractivity contribution >= 4 is 46.9 Å². The maximum Gasteiger partial charge on any atom is 0.329 e. The van der Waals surface area contributed by atoms with Gasteiger partial charge in [0, 0.05) is 17.3 Å². The van der Waals surface area contributed by atoms with Gasteiger partial charge in [-0.3, -0.25) is 9.59 Å². The number of carbonyl (C=O) groups is 2. The van der Waals surface area contributed by atoms with Gasteiger partial charge in [0.25, 0.3) is 0 Å². The van der Waals surface area contributed by atoms with E-state index in [-0.39, 0.29) is 22.1 Å². The molecule has 2 rings (SSSR count). The van der Waals surface area contributed by atoms with E-state index >= 15 is 0 Å². The number of phenols is 2. The van der Waals surface area contributed by atoms with E-state index in [9.17, 15) is 14.7 Å². The number of hydrazone groups is 1. The van der Waals surface area contributed by atoms with Crippen LogP contribution in [0.25, 0.3) is 0 Å². The zero-order valence-corrected chi connectivity index (χ0v) is 13.5. The minimum absolute atomic E-state index is 0.116. The second-order valence-corrected chi connectivity index (χ2v) is 5.34. The summed E-state index contributed by atoms with van der Waals surface area (Å²) in [5.41, 5.74) is 2.55. The molecule has 4 N–H and O–H groups in total. The van der Waals surface area contributed by atoms with Gasteiger partial charge in [0.05, 0.1) is 16.3 Å². The molecule has 0 aliphatic carbocycles. The third-order valence-corrected chi connectivity index (χ3v) is 3.51. The molecule has 0 aliphatic heterocycles. The van der Waals surface area contributed by atoms with E-state index < -0.39 is 11.8 Å².